The van der Waals surface area contributed by atoms with E-state index in [0.29, 0.717) is 12.5 Å². The summed E-state index contributed by atoms with van der Waals surface area (Å²) < 4.78 is 5.93. The van der Waals surface area contributed by atoms with Crippen molar-refractivity contribution < 1.29 is 19.7 Å². The Morgan fingerprint density at radius 1 is 1.33 bits per heavy atom. The fourth-order valence-corrected chi connectivity index (χ4v) is 3.47. The van der Waals surface area contributed by atoms with Gasteiger partial charge in [-0.05, 0) is 75.1 Å². The van der Waals surface area contributed by atoms with Gasteiger partial charge in [-0.1, -0.05) is 24.1 Å². The number of hydrogen-bond acceptors (Lipinski definition) is 3. The highest BCUT2D eigenvalue weighted by atomic mass is 16.5. The lowest BCUT2D eigenvalue weighted by atomic mass is 9.87. The zero-order valence-corrected chi connectivity index (χ0v) is 16.3. The summed E-state index contributed by atoms with van der Waals surface area (Å²) in [5.74, 6) is 5.95. The van der Waals surface area contributed by atoms with Crippen molar-refractivity contribution >= 4 is 5.97 Å². The molecule has 0 amide bonds. The summed E-state index contributed by atoms with van der Waals surface area (Å²) in [6.45, 7) is 4.14. The van der Waals surface area contributed by atoms with Crippen LogP contribution in [0.5, 0.6) is 5.75 Å². The first-order chi connectivity index (χ1) is 13.0. The van der Waals surface area contributed by atoms with Crippen molar-refractivity contribution in [3.8, 4) is 17.6 Å². The fraction of sp³-hybridized carbons (Fsp3) is 0.522. The van der Waals surface area contributed by atoms with E-state index in [-0.39, 0.29) is 18.4 Å². The lowest BCUT2D eigenvalue weighted by Crippen LogP contribution is -2.12. The molecule has 1 aliphatic rings. The van der Waals surface area contributed by atoms with E-state index in [4.69, 9.17) is 9.84 Å². The maximum absolute atomic E-state index is 11.0. The van der Waals surface area contributed by atoms with Crippen molar-refractivity contribution in [1.29, 1.82) is 0 Å². The van der Waals surface area contributed by atoms with Crippen LogP contribution in [0.4, 0.5) is 0 Å². The summed E-state index contributed by atoms with van der Waals surface area (Å²) in [7, 11) is 0. The number of ether oxygens (including phenoxy) is 1. The monoisotopic (exact) mass is 370 g/mol. The van der Waals surface area contributed by atoms with Crippen LogP contribution in [-0.4, -0.2) is 28.9 Å². The summed E-state index contributed by atoms with van der Waals surface area (Å²) in [5, 5.41) is 18.5. The van der Waals surface area contributed by atoms with Gasteiger partial charge in [-0.2, -0.15) is 0 Å². The van der Waals surface area contributed by atoms with Gasteiger partial charge >= 0.3 is 5.97 Å². The highest BCUT2D eigenvalue weighted by Gasteiger charge is 2.15. The Balaban J connectivity index is 1.92. The van der Waals surface area contributed by atoms with Crippen LogP contribution in [0.3, 0.4) is 0 Å². The van der Waals surface area contributed by atoms with Gasteiger partial charge < -0.3 is 14.9 Å². The van der Waals surface area contributed by atoms with E-state index in [0.717, 1.165) is 30.6 Å². The van der Waals surface area contributed by atoms with Crippen LogP contribution in [-0.2, 0) is 4.79 Å². The van der Waals surface area contributed by atoms with Crippen LogP contribution in [0.25, 0.3) is 0 Å². The van der Waals surface area contributed by atoms with Crippen LogP contribution in [0.1, 0.15) is 63.9 Å². The molecule has 0 fully saturated rings. The number of carboxylic acids is 1. The Bertz CT molecular complexity index is 691. The van der Waals surface area contributed by atoms with Crippen molar-refractivity contribution in [3.05, 3.63) is 41.5 Å². The van der Waals surface area contributed by atoms with Gasteiger partial charge in [0, 0.05) is 0 Å². The average Bonchev–Trinajstić information content (AvgIpc) is 2.65. The van der Waals surface area contributed by atoms with E-state index in [1.807, 2.05) is 31.2 Å². The molecule has 0 bridgehead atoms. The molecule has 3 atom stereocenters. The molecule has 27 heavy (non-hydrogen) atoms. The number of aliphatic hydroxyl groups is 1. The predicted octanol–water partition coefficient (Wildman–Crippen LogP) is 4.53. The Morgan fingerprint density at radius 3 is 2.70 bits per heavy atom. The SMILES string of the molecule is CC#C[C@@H](CC(=O)O)c1ccc(OCC2=C[C@H](CC[C@H](C)O)CCC2)cc1. The van der Waals surface area contributed by atoms with Gasteiger partial charge in [0.1, 0.15) is 12.4 Å². The van der Waals surface area contributed by atoms with Gasteiger partial charge in [-0.3, -0.25) is 4.79 Å². The quantitative estimate of drug-likeness (QED) is 0.495. The average molecular weight is 370 g/mol. The second kappa shape index (κ2) is 10.8. The van der Waals surface area contributed by atoms with E-state index < -0.39 is 5.97 Å². The predicted molar refractivity (Wildman–Crippen MR) is 107 cm³/mol. The normalized spacial score (nSPS) is 18.6. The maximum Gasteiger partial charge on any atom is 0.304 e. The largest absolute Gasteiger partial charge is 0.489 e. The Labute approximate surface area is 162 Å². The van der Waals surface area contributed by atoms with Crippen LogP contribution in [0.15, 0.2) is 35.9 Å². The van der Waals surface area contributed by atoms with E-state index >= 15 is 0 Å². The minimum absolute atomic E-state index is 0.00176. The number of allylic oxidation sites excluding steroid dienone is 1. The van der Waals surface area contributed by atoms with E-state index in [9.17, 15) is 9.90 Å². The van der Waals surface area contributed by atoms with Crippen molar-refractivity contribution in [1.82, 2.24) is 0 Å². The molecule has 2 N–H and O–H groups in total. The molecule has 0 radical (unpaired) electrons. The molecule has 1 aromatic carbocycles. The Kier molecular flexibility index (Phi) is 8.42. The van der Waals surface area contributed by atoms with E-state index in [1.54, 1.807) is 6.92 Å². The number of hydrogen-bond donors (Lipinski definition) is 2. The van der Waals surface area contributed by atoms with Gasteiger partial charge in [-0.15, -0.1) is 5.92 Å². The van der Waals surface area contributed by atoms with Gasteiger partial charge in [0.25, 0.3) is 0 Å². The number of benzene rings is 1. The first kappa shape index (κ1) is 21.1. The lowest BCUT2D eigenvalue weighted by molar-refractivity contribution is -0.137. The van der Waals surface area contributed by atoms with E-state index in [1.165, 1.54) is 18.4 Å². The molecular weight excluding hydrogens is 340 g/mol. The van der Waals surface area contributed by atoms with Crippen molar-refractivity contribution in [2.45, 2.75) is 64.4 Å². The standard InChI is InChI=1S/C23H30O4/c1-3-5-21(15-23(25)26)20-10-12-22(13-11-20)27-16-19-7-4-6-18(14-19)9-8-17(2)24/h10-14,17-18,21,24H,4,6-9,15-16H2,1-2H3,(H,25,26)/t17-,18-,21-/m0/s1. The zero-order valence-electron chi connectivity index (χ0n) is 16.3. The first-order valence-electron chi connectivity index (χ1n) is 9.72. The first-order valence-corrected chi connectivity index (χ1v) is 9.72. The fourth-order valence-electron chi connectivity index (χ4n) is 3.47. The Hall–Kier alpha value is -2.25. The number of rotatable bonds is 9. The molecule has 4 nitrogen and oxygen atoms in total. The van der Waals surface area contributed by atoms with Gasteiger partial charge in [0.05, 0.1) is 18.4 Å². The zero-order chi connectivity index (χ0) is 19.6. The molecule has 1 aromatic rings. The topological polar surface area (TPSA) is 66.8 Å². The van der Waals surface area contributed by atoms with Crippen LogP contribution >= 0.6 is 0 Å². The second-order valence-electron chi connectivity index (χ2n) is 7.31. The summed E-state index contributed by atoms with van der Waals surface area (Å²) in [6.07, 6.45) is 7.38. The van der Waals surface area contributed by atoms with E-state index in [2.05, 4.69) is 17.9 Å². The summed E-state index contributed by atoms with van der Waals surface area (Å²) >= 11 is 0. The second-order valence-corrected chi connectivity index (χ2v) is 7.31. The maximum atomic E-state index is 11.0. The number of aliphatic carboxylic acids is 1. The third-order valence-corrected chi connectivity index (χ3v) is 4.90. The molecule has 4 heteroatoms. The van der Waals surface area contributed by atoms with Crippen LogP contribution < -0.4 is 4.74 Å². The molecule has 0 aromatic heterocycles. The van der Waals surface area contributed by atoms with Gasteiger partial charge in [-0.25, -0.2) is 0 Å². The summed E-state index contributed by atoms with van der Waals surface area (Å²) in [4.78, 5) is 11.0. The Morgan fingerprint density at radius 2 is 2.07 bits per heavy atom. The molecule has 0 unspecified atom stereocenters. The molecule has 0 saturated carbocycles. The third-order valence-electron chi connectivity index (χ3n) is 4.90. The van der Waals surface area contributed by atoms with Crippen molar-refractivity contribution in [2.75, 3.05) is 6.61 Å². The molecule has 2 rings (SSSR count). The van der Waals surface area contributed by atoms with Gasteiger partial charge in [0.15, 0.2) is 0 Å². The van der Waals surface area contributed by atoms with Crippen LogP contribution in [0.2, 0.25) is 0 Å². The number of carbonyl (C=O) groups is 1. The third kappa shape index (κ3) is 7.48. The molecule has 146 valence electrons. The number of aliphatic hydroxyl groups excluding tert-OH is 1. The molecule has 0 spiro atoms. The minimum Gasteiger partial charge on any atom is -0.489 e. The highest BCUT2D eigenvalue weighted by molar-refractivity contribution is 5.69. The molecule has 1 aliphatic carbocycles. The molecule has 0 aliphatic heterocycles. The summed E-state index contributed by atoms with van der Waals surface area (Å²) in [6, 6.07) is 7.56. The molecule has 0 saturated heterocycles. The van der Waals surface area contributed by atoms with Crippen molar-refractivity contribution in [2.24, 2.45) is 5.92 Å². The molecule has 0 heterocycles. The smallest absolute Gasteiger partial charge is 0.304 e. The van der Waals surface area contributed by atoms with Crippen molar-refractivity contribution in [3.63, 3.8) is 0 Å². The highest BCUT2D eigenvalue weighted by Crippen LogP contribution is 2.28. The minimum atomic E-state index is -0.850. The number of carboxylic acid groups (broad SMARTS) is 1. The molecular formula is C23H30O4. The van der Waals surface area contributed by atoms with Crippen LogP contribution in [0, 0.1) is 17.8 Å². The lowest BCUT2D eigenvalue weighted by Gasteiger charge is -2.22. The van der Waals surface area contributed by atoms with Gasteiger partial charge in [0.2, 0.25) is 0 Å². The summed E-state index contributed by atoms with van der Waals surface area (Å²) in [5.41, 5.74) is 2.22.